The molecule has 0 bridgehead atoms. The molecule has 1 atom stereocenters. The Balaban J connectivity index is 0.00000182. The second-order valence-electron chi connectivity index (χ2n) is 6.10. The molecule has 0 saturated carbocycles. The summed E-state index contributed by atoms with van der Waals surface area (Å²) in [6.07, 6.45) is 0. The summed E-state index contributed by atoms with van der Waals surface area (Å²) >= 11 is 0. The van der Waals surface area contributed by atoms with E-state index < -0.39 is 0 Å². The molecule has 0 spiro atoms. The lowest BCUT2D eigenvalue weighted by Gasteiger charge is -2.30. The Morgan fingerprint density at radius 3 is 2.40 bits per heavy atom. The third-order valence-corrected chi connectivity index (χ3v) is 4.49. The van der Waals surface area contributed by atoms with E-state index in [9.17, 15) is 0 Å². The summed E-state index contributed by atoms with van der Waals surface area (Å²) in [5, 5.41) is 7.55. The first-order chi connectivity index (χ1) is 11.8. The van der Waals surface area contributed by atoms with E-state index in [-0.39, 0.29) is 18.4 Å². The third-order valence-electron chi connectivity index (χ3n) is 4.49. The Hall–Kier alpha value is -2.21. The van der Waals surface area contributed by atoms with Crippen LogP contribution in [0.1, 0.15) is 11.9 Å². The summed E-state index contributed by atoms with van der Waals surface area (Å²) in [7, 11) is 2.09. The Morgan fingerprint density at radius 1 is 1.00 bits per heavy atom. The van der Waals surface area contributed by atoms with E-state index in [0.717, 1.165) is 31.0 Å². The lowest BCUT2D eigenvalue weighted by atomic mass is 10.0. The lowest BCUT2D eigenvalue weighted by Crippen LogP contribution is -2.44. The minimum Gasteiger partial charge on any atom is -0.334 e. The molecule has 1 aliphatic rings. The number of aromatic nitrogens is 2. The van der Waals surface area contributed by atoms with Crippen LogP contribution >= 0.6 is 12.4 Å². The summed E-state index contributed by atoms with van der Waals surface area (Å²) in [6.45, 7) is 2.83. The van der Waals surface area contributed by atoms with Gasteiger partial charge < -0.3 is 9.84 Å². The first-order valence-corrected chi connectivity index (χ1v) is 8.22. The van der Waals surface area contributed by atoms with Crippen LogP contribution in [0.25, 0.3) is 22.6 Å². The van der Waals surface area contributed by atoms with Crippen LogP contribution in [0.2, 0.25) is 0 Å². The minimum atomic E-state index is 0. The van der Waals surface area contributed by atoms with E-state index in [1.165, 1.54) is 11.1 Å². The third kappa shape index (κ3) is 3.74. The van der Waals surface area contributed by atoms with Gasteiger partial charge in [-0.15, -0.1) is 12.4 Å². The highest BCUT2D eigenvalue weighted by Crippen LogP contribution is 2.25. The van der Waals surface area contributed by atoms with Crippen molar-refractivity contribution >= 4 is 12.4 Å². The SMILES string of the molecule is CN1CCNCC1c1noc(-c2ccc(-c3ccccc3)cc2)n1.Cl. The van der Waals surface area contributed by atoms with Gasteiger partial charge in [0.25, 0.3) is 5.89 Å². The van der Waals surface area contributed by atoms with Crippen molar-refractivity contribution in [2.24, 2.45) is 0 Å². The second kappa shape index (κ2) is 7.78. The van der Waals surface area contributed by atoms with E-state index in [2.05, 4.69) is 51.7 Å². The summed E-state index contributed by atoms with van der Waals surface area (Å²) in [6, 6.07) is 18.7. The van der Waals surface area contributed by atoms with Gasteiger partial charge >= 0.3 is 0 Å². The van der Waals surface area contributed by atoms with E-state index in [1.54, 1.807) is 0 Å². The van der Waals surface area contributed by atoms with Gasteiger partial charge in [-0.2, -0.15) is 4.98 Å². The molecule has 4 rings (SSSR count). The fourth-order valence-electron chi connectivity index (χ4n) is 3.02. The van der Waals surface area contributed by atoms with Crippen LogP contribution in [-0.2, 0) is 0 Å². The predicted molar refractivity (Wildman–Crippen MR) is 101 cm³/mol. The summed E-state index contributed by atoms with van der Waals surface area (Å²) < 4.78 is 5.48. The molecule has 3 aromatic rings. The molecular formula is C19H21ClN4O. The number of nitrogens with zero attached hydrogens (tertiary/aromatic N) is 3. The zero-order chi connectivity index (χ0) is 16.4. The Morgan fingerprint density at radius 2 is 1.68 bits per heavy atom. The smallest absolute Gasteiger partial charge is 0.257 e. The Bertz CT molecular complexity index is 804. The molecule has 2 aromatic carbocycles. The van der Waals surface area contributed by atoms with Crippen LogP contribution in [0.5, 0.6) is 0 Å². The van der Waals surface area contributed by atoms with Crippen LogP contribution in [0.3, 0.4) is 0 Å². The van der Waals surface area contributed by atoms with Crippen LogP contribution in [0.15, 0.2) is 59.1 Å². The fourth-order valence-corrected chi connectivity index (χ4v) is 3.02. The maximum absolute atomic E-state index is 5.48. The van der Waals surface area contributed by atoms with Gasteiger partial charge in [0.1, 0.15) is 0 Å². The largest absolute Gasteiger partial charge is 0.334 e. The topological polar surface area (TPSA) is 54.2 Å². The van der Waals surface area contributed by atoms with Crippen molar-refractivity contribution in [1.29, 1.82) is 0 Å². The number of halogens is 1. The average Bonchev–Trinajstić information content (AvgIpc) is 3.13. The highest BCUT2D eigenvalue weighted by atomic mass is 35.5. The molecular weight excluding hydrogens is 336 g/mol. The summed E-state index contributed by atoms with van der Waals surface area (Å²) in [5.41, 5.74) is 3.32. The van der Waals surface area contributed by atoms with Crippen molar-refractivity contribution < 1.29 is 4.52 Å². The van der Waals surface area contributed by atoms with Gasteiger partial charge in [0.15, 0.2) is 5.82 Å². The molecule has 0 aliphatic carbocycles. The molecule has 0 amide bonds. The first kappa shape index (κ1) is 17.6. The van der Waals surface area contributed by atoms with Gasteiger partial charge in [0.05, 0.1) is 6.04 Å². The van der Waals surface area contributed by atoms with E-state index in [4.69, 9.17) is 4.52 Å². The number of likely N-dealkylation sites (N-methyl/N-ethyl adjacent to an activating group) is 1. The molecule has 0 radical (unpaired) electrons. The number of benzene rings is 2. The van der Waals surface area contributed by atoms with E-state index >= 15 is 0 Å². The van der Waals surface area contributed by atoms with Crippen molar-refractivity contribution in [2.75, 3.05) is 26.7 Å². The molecule has 6 heteroatoms. The average molecular weight is 357 g/mol. The van der Waals surface area contributed by atoms with Gasteiger partial charge in [-0.1, -0.05) is 47.6 Å². The molecule has 130 valence electrons. The van der Waals surface area contributed by atoms with Crippen molar-refractivity contribution in [3.8, 4) is 22.6 Å². The van der Waals surface area contributed by atoms with Crippen molar-refractivity contribution in [3.05, 3.63) is 60.4 Å². The van der Waals surface area contributed by atoms with Gasteiger partial charge in [-0.3, -0.25) is 4.90 Å². The molecule has 1 aromatic heterocycles. The van der Waals surface area contributed by atoms with Gasteiger partial charge in [-0.25, -0.2) is 0 Å². The van der Waals surface area contributed by atoms with E-state index in [1.807, 2.05) is 30.3 Å². The zero-order valence-electron chi connectivity index (χ0n) is 14.1. The standard InChI is InChI=1S/C19H20N4O.ClH/c1-23-12-11-20-13-17(23)18-21-19(24-22-18)16-9-7-15(8-10-16)14-5-3-2-4-6-14;/h2-10,17,20H,11-13H2,1H3;1H. The molecule has 1 aliphatic heterocycles. The predicted octanol–water partition coefficient (Wildman–Crippen LogP) is 3.40. The number of piperazine rings is 1. The van der Waals surface area contributed by atoms with Crippen molar-refractivity contribution in [2.45, 2.75) is 6.04 Å². The van der Waals surface area contributed by atoms with Crippen molar-refractivity contribution in [3.63, 3.8) is 0 Å². The molecule has 25 heavy (non-hydrogen) atoms. The van der Waals surface area contributed by atoms with Crippen LogP contribution < -0.4 is 5.32 Å². The van der Waals surface area contributed by atoms with Crippen LogP contribution in [-0.4, -0.2) is 41.7 Å². The fraction of sp³-hybridized carbons (Fsp3) is 0.263. The quantitative estimate of drug-likeness (QED) is 0.779. The molecule has 1 N–H and O–H groups in total. The second-order valence-corrected chi connectivity index (χ2v) is 6.10. The lowest BCUT2D eigenvalue weighted by molar-refractivity contribution is 0.190. The molecule has 5 nitrogen and oxygen atoms in total. The maximum atomic E-state index is 5.48. The number of rotatable bonds is 3. The highest BCUT2D eigenvalue weighted by molar-refractivity contribution is 5.85. The van der Waals surface area contributed by atoms with Gasteiger partial charge in [0, 0.05) is 25.2 Å². The molecule has 2 heterocycles. The van der Waals surface area contributed by atoms with Gasteiger partial charge in [-0.05, 0) is 30.3 Å². The van der Waals surface area contributed by atoms with Gasteiger partial charge in [0.2, 0.25) is 0 Å². The zero-order valence-corrected chi connectivity index (χ0v) is 14.9. The number of hydrogen-bond acceptors (Lipinski definition) is 5. The van der Waals surface area contributed by atoms with Crippen LogP contribution in [0.4, 0.5) is 0 Å². The maximum Gasteiger partial charge on any atom is 0.257 e. The highest BCUT2D eigenvalue weighted by Gasteiger charge is 2.25. The van der Waals surface area contributed by atoms with E-state index in [0.29, 0.717) is 5.89 Å². The Kier molecular flexibility index (Phi) is 5.48. The normalized spacial score (nSPS) is 17.9. The summed E-state index contributed by atoms with van der Waals surface area (Å²) in [4.78, 5) is 6.85. The first-order valence-electron chi connectivity index (χ1n) is 8.22. The number of nitrogens with one attached hydrogen (secondary N) is 1. The molecule has 1 fully saturated rings. The van der Waals surface area contributed by atoms with Crippen LogP contribution in [0, 0.1) is 0 Å². The molecule has 1 saturated heterocycles. The monoisotopic (exact) mass is 356 g/mol. The summed E-state index contributed by atoms with van der Waals surface area (Å²) in [5.74, 6) is 1.32. The number of hydrogen-bond donors (Lipinski definition) is 1. The minimum absolute atomic E-state index is 0. The van der Waals surface area contributed by atoms with Crippen molar-refractivity contribution in [1.82, 2.24) is 20.4 Å². The molecule has 1 unspecified atom stereocenters. The Labute approximate surface area is 153 Å².